The van der Waals surface area contributed by atoms with Crippen LogP contribution in [0.4, 0.5) is 0 Å². The van der Waals surface area contributed by atoms with Crippen LogP contribution >= 0.6 is 0 Å². The summed E-state index contributed by atoms with van der Waals surface area (Å²) in [7, 11) is 2.22. The van der Waals surface area contributed by atoms with Crippen molar-refractivity contribution in [1.82, 2.24) is 19.9 Å². The number of hydrogen-bond donors (Lipinski definition) is 0. The third kappa shape index (κ3) is 4.84. The monoisotopic (exact) mass is 366 g/mol. The van der Waals surface area contributed by atoms with Gasteiger partial charge in [-0.3, -0.25) is 4.90 Å². The number of likely N-dealkylation sites (tertiary alicyclic amines) is 1. The third-order valence-electron chi connectivity index (χ3n) is 5.14. The van der Waals surface area contributed by atoms with Crippen LogP contribution < -0.4 is 0 Å². The molecule has 0 aliphatic carbocycles. The summed E-state index contributed by atoms with van der Waals surface area (Å²) in [6.45, 7) is 5.01. The lowest BCUT2D eigenvalue weighted by molar-refractivity contribution is 0.135. The molecule has 1 aliphatic heterocycles. The highest BCUT2D eigenvalue weighted by Crippen LogP contribution is 2.21. The molecule has 0 radical (unpaired) electrons. The fourth-order valence-electron chi connectivity index (χ4n) is 3.74. The van der Waals surface area contributed by atoms with Crippen LogP contribution in [0, 0.1) is 5.92 Å². The topological polar surface area (TPSA) is 58.5 Å². The Labute approximate surface area is 159 Å². The van der Waals surface area contributed by atoms with Crippen molar-refractivity contribution in [3.63, 3.8) is 0 Å². The number of rotatable bonds is 7. The molecule has 0 atom stereocenters. The van der Waals surface area contributed by atoms with Gasteiger partial charge < -0.3 is 13.8 Å². The molecule has 6 nitrogen and oxygen atoms in total. The minimum atomic E-state index is 0.521. The lowest BCUT2D eigenvalue weighted by Gasteiger charge is -2.33. The van der Waals surface area contributed by atoms with Gasteiger partial charge in [0.15, 0.2) is 5.76 Å². The minimum Gasteiger partial charge on any atom is -0.461 e. The minimum absolute atomic E-state index is 0.521. The van der Waals surface area contributed by atoms with Gasteiger partial charge >= 0.3 is 0 Å². The third-order valence-corrected chi connectivity index (χ3v) is 5.14. The predicted molar refractivity (Wildman–Crippen MR) is 103 cm³/mol. The Kier molecular flexibility index (Phi) is 5.65. The zero-order valence-corrected chi connectivity index (χ0v) is 15.8. The second kappa shape index (κ2) is 8.50. The van der Waals surface area contributed by atoms with E-state index in [0.29, 0.717) is 24.0 Å². The molecule has 3 heterocycles. The van der Waals surface area contributed by atoms with Crippen molar-refractivity contribution in [3.05, 3.63) is 60.2 Å². The lowest BCUT2D eigenvalue weighted by Crippen LogP contribution is -2.37. The Morgan fingerprint density at radius 1 is 1.11 bits per heavy atom. The smallest absolute Gasteiger partial charge is 0.241 e. The zero-order chi connectivity index (χ0) is 18.5. The summed E-state index contributed by atoms with van der Waals surface area (Å²) in [6, 6.07) is 14.3. The van der Waals surface area contributed by atoms with E-state index in [1.54, 1.807) is 6.26 Å². The Morgan fingerprint density at radius 3 is 2.67 bits per heavy atom. The molecule has 3 aromatic rings. The van der Waals surface area contributed by atoms with Crippen LogP contribution in [0.2, 0.25) is 0 Å². The van der Waals surface area contributed by atoms with Gasteiger partial charge in [0.25, 0.3) is 0 Å². The SMILES string of the molecule is CN(Cc1ccccc1)CC1CCN(Cc2nc(-c3ccco3)no2)CC1. The molecule has 6 heteroatoms. The normalized spacial score (nSPS) is 16.2. The first-order chi connectivity index (χ1) is 13.3. The van der Waals surface area contributed by atoms with Crippen LogP contribution in [0.1, 0.15) is 24.3 Å². The van der Waals surface area contributed by atoms with Gasteiger partial charge in [-0.25, -0.2) is 0 Å². The average Bonchev–Trinajstić information content (AvgIpc) is 3.36. The fourth-order valence-corrected chi connectivity index (χ4v) is 3.74. The Bertz CT molecular complexity index is 808. The van der Waals surface area contributed by atoms with Crippen molar-refractivity contribution in [3.8, 4) is 11.6 Å². The van der Waals surface area contributed by atoms with Gasteiger partial charge in [0.2, 0.25) is 11.7 Å². The Morgan fingerprint density at radius 2 is 1.93 bits per heavy atom. The second-order valence-electron chi connectivity index (χ2n) is 7.39. The molecule has 2 aromatic heterocycles. The predicted octanol–water partition coefficient (Wildman–Crippen LogP) is 3.67. The molecule has 1 fully saturated rings. The molecule has 0 spiro atoms. The van der Waals surface area contributed by atoms with Gasteiger partial charge in [-0.05, 0) is 56.6 Å². The maximum Gasteiger partial charge on any atom is 0.241 e. The number of furan rings is 1. The molecule has 4 rings (SSSR count). The largest absolute Gasteiger partial charge is 0.461 e. The molecule has 0 saturated carbocycles. The lowest BCUT2D eigenvalue weighted by atomic mass is 9.96. The second-order valence-corrected chi connectivity index (χ2v) is 7.39. The highest BCUT2D eigenvalue weighted by molar-refractivity contribution is 5.44. The molecule has 0 N–H and O–H groups in total. The van der Waals surface area contributed by atoms with E-state index >= 15 is 0 Å². The fraction of sp³-hybridized carbons (Fsp3) is 0.429. The number of benzene rings is 1. The van der Waals surface area contributed by atoms with Crippen molar-refractivity contribution in [2.45, 2.75) is 25.9 Å². The van der Waals surface area contributed by atoms with E-state index in [9.17, 15) is 0 Å². The van der Waals surface area contributed by atoms with E-state index in [2.05, 4.69) is 57.3 Å². The van der Waals surface area contributed by atoms with Crippen molar-refractivity contribution in [2.24, 2.45) is 5.92 Å². The first kappa shape index (κ1) is 17.9. The Hall–Kier alpha value is -2.44. The van der Waals surface area contributed by atoms with Gasteiger partial charge in [-0.1, -0.05) is 35.5 Å². The van der Waals surface area contributed by atoms with Crippen molar-refractivity contribution >= 4 is 0 Å². The van der Waals surface area contributed by atoms with Crippen LogP contribution in [0.5, 0.6) is 0 Å². The van der Waals surface area contributed by atoms with Crippen LogP contribution in [0.3, 0.4) is 0 Å². The summed E-state index contributed by atoms with van der Waals surface area (Å²) in [5.74, 6) is 2.56. The van der Waals surface area contributed by atoms with Gasteiger partial charge in [0, 0.05) is 13.1 Å². The molecule has 27 heavy (non-hydrogen) atoms. The van der Waals surface area contributed by atoms with Gasteiger partial charge in [0.1, 0.15) is 0 Å². The molecular formula is C21H26N4O2. The highest BCUT2D eigenvalue weighted by Gasteiger charge is 2.22. The van der Waals surface area contributed by atoms with E-state index < -0.39 is 0 Å². The molecule has 142 valence electrons. The van der Waals surface area contributed by atoms with Gasteiger partial charge in [-0.2, -0.15) is 4.98 Å². The van der Waals surface area contributed by atoms with E-state index in [0.717, 1.165) is 32.1 Å². The van der Waals surface area contributed by atoms with Crippen LogP contribution in [0.15, 0.2) is 57.7 Å². The van der Waals surface area contributed by atoms with Crippen molar-refractivity contribution in [1.29, 1.82) is 0 Å². The molecule has 0 unspecified atom stereocenters. The summed E-state index contributed by atoms with van der Waals surface area (Å²) in [4.78, 5) is 9.27. The molecule has 1 saturated heterocycles. The number of nitrogens with zero attached hydrogens (tertiary/aromatic N) is 4. The van der Waals surface area contributed by atoms with Crippen LogP contribution in [-0.2, 0) is 13.1 Å². The Balaban J connectivity index is 1.22. The summed E-state index contributed by atoms with van der Waals surface area (Å²) < 4.78 is 10.7. The average molecular weight is 366 g/mol. The van der Waals surface area contributed by atoms with Crippen molar-refractivity contribution in [2.75, 3.05) is 26.7 Å². The summed E-state index contributed by atoms with van der Waals surface area (Å²) >= 11 is 0. The molecule has 1 aliphatic rings. The maximum absolute atomic E-state index is 5.38. The van der Waals surface area contributed by atoms with E-state index in [4.69, 9.17) is 8.94 Å². The molecule has 0 bridgehead atoms. The summed E-state index contributed by atoms with van der Waals surface area (Å²) in [5.41, 5.74) is 1.38. The zero-order valence-electron chi connectivity index (χ0n) is 15.8. The summed E-state index contributed by atoms with van der Waals surface area (Å²) in [5, 5.41) is 4.01. The molecule has 1 aromatic carbocycles. The first-order valence-electron chi connectivity index (χ1n) is 9.57. The highest BCUT2D eigenvalue weighted by atomic mass is 16.5. The van der Waals surface area contributed by atoms with E-state index in [-0.39, 0.29) is 0 Å². The number of aromatic nitrogens is 2. The standard InChI is InChI=1S/C21H26N4O2/c1-24(14-17-6-3-2-4-7-17)15-18-9-11-25(12-10-18)16-20-22-21(23-27-20)19-8-5-13-26-19/h2-8,13,18H,9-12,14-16H2,1H3. The molecule has 0 amide bonds. The van der Waals surface area contributed by atoms with Gasteiger partial charge in [0.05, 0.1) is 12.8 Å². The maximum atomic E-state index is 5.38. The van der Waals surface area contributed by atoms with E-state index in [1.165, 1.54) is 18.4 Å². The van der Waals surface area contributed by atoms with Crippen LogP contribution in [-0.4, -0.2) is 46.6 Å². The molecular weight excluding hydrogens is 340 g/mol. The quantitative estimate of drug-likeness (QED) is 0.636. The van der Waals surface area contributed by atoms with Crippen molar-refractivity contribution < 1.29 is 8.94 Å². The van der Waals surface area contributed by atoms with E-state index in [1.807, 2.05) is 12.1 Å². The van der Waals surface area contributed by atoms with Crippen LogP contribution in [0.25, 0.3) is 11.6 Å². The number of piperidine rings is 1. The first-order valence-corrected chi connectivity index (χ1v) is 9.57. The number of hydrogen-bond acceptors (Lipinski definition) is 6. The summed E-state index contributed by atoms with van der Waals surface area (Å²) in [6.07, 6.45) is 4.03. The van der Waals surface area contributed by atoms with Gasteiger partial charge in [-0.15, -0.1) is 0 Å².